The van der Waals surface area contributed by atoms with Crippen molar-refractivity contribution in [2.45, 2.75) is 39.3 Å². The molecule has 2 N–H and O–H groups in total. The van der Waals surface area contributed by atoms with E-state index in [0.717, 1.165) is 6.54 Å². The summed E-state index contributed by atoms with van der Waals surface area (Å²) < 4.78 is 5.01. The molecule has 0 heterocycles. The topological polar surface area (TPSA) is 55.6 Å². The monoisotopic (exact) mass is 216 g/mol. The summed E-state index contributed by atoms with van der Waals surface area (Å²) in [5.41, 5.74) is 5.00. The molecular formula is C11H24N2O2. The summed E-state index contributed by atoms with van der Waals surface area (Å²) in [5.74, 6) is 0.0623. The fourth-order valence-electron chi connectivity index (χ4n) is 1.12. The molecule has 0 bridgehead atoms. The lowest BCUT2D eigenvalue weighted by Gasteiger charge is -2.28. The van der Waals surface area contributed by atoms with E-state index in [9.17, 15) is 4.79 Å². The zero-order valence-electron chi connectivity index (χ0n) is 10.5. The van der Waals surface area contributed by atoms with Gasteiger partial charge in [-0.15, -0.1) is 0 Å². The van der Waals surface area contributed by atoms with Crippen molar-refractivity contribution in [2.24, 2.45) is 5.73 Å². The Kier molecular flexibility index (Phi) is 6.02. The van der Waals surface area contributed by atoms with Gasteiger partial charge in [-0.1, -0.05) is 0 Å². The highest BCUT2D eigenvalue weighted by Crippen LogP contribution is 2.04. The molecule has 0 unspecified atom stereocenters. The van der Waals surface area contributed by atoms with Crippen LogP contribution < -0.4 is 5.73 Å². The van der Waals surface area contributed by atoms with Crippen LogP contribution in [0.1, 0.15) is 27.7 Å². The predicted molar refractivity (Wildman–Crippen MR) is 61.9 cm³/mol. The Labute approximate surface area is 92.8 Å². The van der Waals surface area contributed by atoms with Crippen LogP contribution in [0.3, 0.4) is 0 Å². The number of nitrogens with zero attached hydrogens (tertiary/aromatic N) is 1. The fraction of sp³-hybridized carbons (Fsp3) is 0.909. The highest BCUT2D eigenvalue weighted by atomic mass is 16.5. The standard InChI is InChI=1S/C11H24N2O2/c1-9(2)13(6-7-15-5)8-10(14)11(3,4)12/h9H,6-8,12H2,1-5H3. The molecule has 0 fully saturated rings. The number of nitrogens with two attached hydrogens (primary N) is 1. The zero-order valence-corrected chi connectivity index (χ0v) is 10.5. The van der Waals surface area contributed by atoms with Gasteiger partial charge in [0, 0.05) is 19.7 Å². The van der Waals surface area contributed by atoms with Crippen molar-refractivity contribution < 1.29 is 9.53 Å². The molecule has 0 saturated heterocycles. The lowest BCUT2D eigenvalue weighted by molar-refractivity contribution is -0.124. The van der Waals surface area contributed by atoms with Gasteiger partial charge < -0.3 is 10.5 Å². The molecule has 0 aliphatic heterocycles. The number of ketones is 1. The maximum absolute atomic E-state index is 11.7. The molecule has 0 saturated carbocycles. The quantitative estimate of drug-likeness (QED) is 0.679. The Morgan fingerprint density at radius 3 is 2.33 bits per heavy atom. The van der Waals surface area contributed by atoms with Gasteiger partial charge in [0.05, 0.1) is 18.7 Å². The van der Waals surface area contributed by atoms with E-state index in [1.165, 1.54) is 0 Å². The van der Waals surface area contributed by atoms with Gasteiger partial charge in [-0.05, 0) is 27.7 Å². The van der Waals surface area contributed by atoms with E-state index in [-0.39, 0.29) is 5.78 Å². The van der Waals surface area contributed by atoms with E-state index >= 15 is 0 Å². The molecule has 4 heteroatoms. The van der Waals surface area contributed by atoms with Gasteiger partial charge in [0.2, 0.25) is 0 Å². The van der Waals surface area contributed by atoms with Crippen LogP contribution in [0.25, 0.3) is 0 Å². The lowest BCUT2D eigenvalue weighted by atomic mass is 10.00. The Morgan fingerprint density at radius 1 is 1.47 bits per heavy atom. The first-order valence-corrected chi connectivity index (χ1v) is 5.34. The Morgan fingerprint density at radius 2 is 2.00 bits per heavy atom. The van der Waals surface area contributed by atoms with Crippen molar-refractivity contribution in [2.75, 3.05) is 26.8 Å². The van der Waals surface area contributed by atoms with Crippen LogP contribution in [-0.4, -0.2) is 49.1 Å². The van der Waals surface area contributed by atoms with Crippen LogP contribution in [0, 0.1) is 0 Å². The summed E-state index contributed by atoms with van der Waals surface area (Å²) in [6.45, 7) is 9.39. The van der Waals surface area contributed by atoms with Crippen LogP contribution >= 0.6 is 0 Å². The predicted octanol–water partition coefficient (Wildman–Crippen LogP) is 0.650. The minimum Gasteiger partial charge on any atom is -0.383 e. The molecule has 0 aliphatic carbocycles. The molecule has 0 spiro atoms. The molecule has 0 atom stereocenters. The Hall–Kier alpha value is -0.450. The zero-order chi connectivity index (χ0) is 12.1. The van der Waals surface area contributed by atoms with Crippen molar-refractivity contribution >= 4 is 5.78 Å². The van der Waals surface area contributed by atoms with Crippen LogP contribution in [0.4, 0.5) is 0 Å². The van der Waals surface area contributed by atoms with Crippen molar-refractivity contribution in [1.82, 2.24) is 4.90 Å². The van der Waals surface area contributed by atoms with E-state index in [1.807, 2.05) is 0 Å². The Bertz CT molecular complexity index is 197. The fourth-order valence-corrected chi connectivity index (χ4v) is 1.12. The lowest BCUT2D eigenvalue weighted by Crippen LogP contribution is -2.49. The van der Waals surface area contributed by atoms with E-state index in [1.54, 1.807) is 21.0 Å². The maximum atomic E-state index is 11.7. The van der Waals surface area contributed by atoms with Crippen LogP contribution in [0.2, 0.25) is 0 Å². The van der Waals surface area contributed by atoms with E-state index in [2.05, 4.69) is 18.7 Å². The number of ether oxygens (including phenoxy) is 1. The van der Waals surface area contributed by atoms with Gasteiger partial charge in [-0.2, -0.15) is 0 Å². The summed E-state index contributed by atoms with van der Waals surface area (Å²) >= 11 is 0. The first-order chi connectivity index (χ1) is 6.79. The molecule has 0 aliphatic rings. The summed E-state index contributed by atoms with van der Waals surface area (Å²) in [5, 5.41) is 0. The van der Waals surface area contributed by atoms with Gasteiger partial charge in [-0.25, -0.2) is 0 Å². The summed E-state index contributed by atoms with van der Waals surface area (Å²) in [7, 11) is 1.66. The third kappa shape index (κ3) is 5.87. The minimum absolute atomic E-state index is 0.0623. The first-order valence-electron chi connectivity index (χ1n) is 5.34. The van der Waals surface area contributed by atoms with Crippen LogP contribution in [0.15, 0.2) is 0 Å². The summed E-state index contributed by atoms with van der Waals surface area (Å²) in [6, 6.07) is 0.325. The molecular weight excluding hydrogens is 192 g/mol. The number of hydrogen-bond donors (Lipinski definition) is 1. The van der Waals surface area contributed by atoms with Crippen molar-refractivity contribution in [1.29, 1.82) is 0 Å². The van der Waals surface area contributed by atoms with Crippen LogP contribution in [-0.2, 0) is 9.53 Å². The Balaban J connectivity index is 4.23. The number of methoxy groups -OCH3 is 1. The first kappa shape index (κ1) is 14.6. The second-order valence-corrected chi connectivity index (χ2v) is 4.70. The number of rotatable bonds is 7. The van der Waals surface area contributed by atoms with E-state index < -0.39 is 5.54 Å². The molecule has 0 radical (unpaired) electrons. The maximum Gasteiger partial charge on any atom is 0.165 e. The number of carbonyl (C=O) groups excluding carboxylic acids is 1. The second-order valence-electron chi connectivity index (χ2n) is 4.70. The summed E-state index contributed by atoms with van der Waals surface area (Å²) in [6.07, 6.45) is 0. The SMILES string of the molecule is COCCN(CC(=O)C(C)(C)N)C(C)C. The van der Waals surface area contributed by atoms with Gasteiger partial charge in [0.1, 0.15) is 0 Å². The van der Waals surface area contributed by atoms with Gasteiger partial charge in [0.25, 0.3) is 0 Å². The smallest absolute Gasteiger partial charge is 0.165 e. The third-order valence-corrected chi connectivity index (χ3v) is 2.38. The van der Waals surface area contributed by atoms with Gasteiger partial charge >= 0.3 is 0 Å². The molecule has 0 aromatic heterocycles. The molecule has 0 aromatic rings. The molecule has 0 rings (SSSR count). The third-order valence-electron chi connectivity index (χ3n) is 2.38. The average molecular weight is 216 g/mol. The highest BCUT2D eigenvalue weighted by molar-refractivity contribution is 5.89. The largest absolute Gasteiger partial charge is 0.383 e. The number of hydrogen-bond acceptors (Lipinski definition) is 4. The normalized spacial score (nSPS) is 12.5. The van der Waals surface area contributed by atoms with Crippen molar-refractivity contribution in [3.63, 3.8) is 0 Å². The highest BCUT2D eigenvalue weighted by Gasteiger charge is 2.24. The summed E-state index contributed by atoms with van der Waals surface area (Å²) in [4.78, 5) is 13.8. The second kappa shape index (κ2) is 6.20. The van der Waals surface area contributed by atoms with Crippen molar-refractivity contribution in [3.8, 4) is 0 Å². The average Bonchev–Trinajstić information content (AvgIpc) is 2.09. The number of Topliss-reactive ketones (excluding diaryl/α,β-unsaturated/α-hetero) is 1. The minimum atomic E-state index is -0.750. The van der Waals surface area contributed by atoms with Crippen molar-refractivity contribution in [3.05, 3.63) is 0 Å². The van der Waals surface area contributed by atoms with Gasteiger partial charge in [0.15, 0.2) is 5.78 Å². The molecule has 0 aromatic carbocycles. The molecule has 90 valence electrons. The van der Waals surface area contributed by atoms with E-state index in [4.69, 9.17) is 10.5 Å². The van der Waals surface area contributed by atoms with Crippen LogP contribution in [0.5, 0.6) is 0 Å². The number of carbonyl (C=O) groups is 1. The molecule has 4 nitrogen and oxygen atoms in total. The molecule has 0 amide bonds. The van der Waals surface area contributed by atoms with E-state index in [0.29, 0.717) is 19.2 Å². The van der Waals surface area contributed by atoms with Gasteiger partial charge in [-0.3, -0.25) is 9.69 Å². The molecule has 15 heavy (non-hydrogen) atoms.